The van der Waals surface area contributed by atoms with Gasteiger partial charge in [-0.3, -0.25) is 0 Å². The number of rotatable bonds is 6. The normalized spacial score (nSPS) is 16.3. The zero-order valence-electron chi connectivity index (χ0n) is 10.6. The molecule has 0 bridgehead atoms. The fourth-order valence-corrected chi connectivity index (χ4v) is 2.41. The smallest absolute Gasteiger partial charge is 0.135 e. The van der Waals surface area contributed by atoms with Gasteiger partial charge in [0.05, 0.1) is 5.56 Å². The molecule has 1 fully saturated rings. The van der Waals surface area contributed by atoms with Crippen molar-refractivity contribution in [3.63, 3.8) is 0 Å². The van der Waals surface area contributed by atoms with Crippen LogP contribution in [0.2, 0.25) is 0 Å². The van der Waals surface area contributed by atoms with E-state index in [1.54, 1.807) is 6.07 Å². The van der Waals surface area contributed by atoms with E-state index < -0.39 is 0 Å². The average molecular weight is 266 g/mol. The molecule has 4 heteroatoms. The van der Waals surface area contributed by atoms with Crippen LogP contribution in [0.15, 0.2) is 18.2 Å². The van der Waals surface area contributed by atoms with E-state index in [0.717, 1.165) is 24.4 Å². The van der Waals surface area contributed by atoms with E-state index in [2.05, 4.69) is 12.2 Å². The summed E-state index contributed by atoms with van der Waals surface area (Å²) in [4.78, 5) is 0.108. The summed E-state index contributed by atoms with van der Waals surface area (Å²) in [5.41, 5.74) is 6.65. The van der Waals surface area contributed by atoms with E-state index in [4.69, 9.17) is 18.0 Å². The van der Waals surface area contributed by atoms with Gasteiger partial charge in [-0.15, -0.1) is 0 Å². The van der Waals surface area contributed by atoms with Crippen molar-refractivity contribution < 1.29 is 4.39 Å². The molecule has 0 heterocycles. The molecule has 1 aromatic rings. The largest absolute Gasteiger partial charge is 0.389 e. The third kappa shape index (κ3) is 3.19. The third-order valence-electron chi connectivity index (χ3n) is 3.43. The van der Waals surface area contributed by atoms with Crippen molar-refractivity contribution >= 4 is 22.9 Å². The fraction of sp³-hybridized carbons (Fsp3) is 0.500. The molecule has 0 saturated heterocycles. The van der Waals surface area contributed by atoms with Crippen molar-refractivity contribution in [1.29, 1.82) is 0 Å². The number of nitrogens with two attached hydrogens (primary N) is 1. The van der Waals surface area contributed by atoms with Gasteiger partial charge in [-0.25, -0.2) is 4.39 Å². The Balaban J connectivity index is 2.15. The Kier molecular flexibility index (Phi) is 4.17. The van der Waals surface area contributed by atoms with Gasteiger partial charge in [0.25, 0.3) is 0 Å². The van der Waals surface area contributed by atoms with E-state index in [1.165, 1.54) is 18.9 Å². The summed E-state index contributed by atoms with van der Waals surface area (Å²) < 4.78 is 13.7. The summed E-state index contributed by atoms with van der Waals surface area (Å²) in [6.45, 7) is 2.14. The molecule has 1 aromatic carbocycles. The molecule has 1 atom stereocenters. The van der Waals surface area contributed by atoms with E-state index in [0.29, 0.717) is 11.6 Å². The van der Waals surface area contributed by atoms with Gasteiger partial charge in [0.2, 0.25) is 0 Å². The van der Waals surface area contributed by atoms with Gasteiger partial charge >= 0.3 is 0 Å². The molecule has 0 spiro atoms. The van der Waals surface area contributed by atoms with Crippen LogP contribution in [-0.2, 0) is 0 Å². The van der Waals surface area contributed by atoms with E-state index in [9.17, 15) is 4.39 Å². The number of hydrogen-bond acceptors (Lipinski definition) is 2. The molecule has 0 aromatic heterocycles. The first-order valence-corrected chi connectivity index (χ1v) is 6.87. The molecule has 0 radical (unpaired) electrons. The van der Waals surface area contributed by atoms with Crippen LogP contribution < -0.4 is 11.1 Å². The number of benzene rings is 1. The van der Waals surface area contributed by atoms with Crippen LogP contribution in [0.5, 0.6) is 0 Å². The molecule has 2 rings (SSSR count). The van der Waals surface area contributed by atoms with Crippen LogP contribution in [0.1, 0.15) is 38.2 Å². The third-order valence-corrected chi connectivity index (χ3v) is 3.63. The maximum absolute atomic E-state index is 13.7. The molecule has 1 aliphatic carbocycles. The van der Waals surface area contributed by atoms with Crippen LogP contribution in [0, 0.1) is 11.7 Å². The lowest BCUT2D eigenvalue weighted by molar-refractivity contribution is 0.585. The molecule has 3 N–H and O–H groups in total. The predicted octanol–water partition coefficient (Wildman–Crippen LogP) is 3.45. The zero-order valence-corrected chi connectivity index (χ0v) is 11.4. The number of hydrogen-bond donors (Lipinski definition) is 2. The lowest BCUT2D eigenvalue weighted by Gasteiger charge is -2.20. The van der Waals surface area contributed by atoms with Crippen LogP contribution in [-0.4, -0.2) is 11.0 Å². The SMILES string of the molecule is CCC(CC1CC1)Nc1cccc(F)c1C(N)=S. The molecule has 0 amide bonds. The van der Waals surface area contributed by atoms with Gasteiger partial charge in [0, 0.05) is 11.7 Å². The summed E-state index contributed by atoms with van der Waals surface area (Å²) >= 11 is 4.92. The highest BCUT2D eigenvalue weighted by molar-refractivity contribution is 7.80. The van der Waals surface area contributed by atoms with E-state index in [-0.39, 0.29) is 10.8 Å². The van der Waals surface area contributed by atoms with Gasteiger partial charge < -0.3 is 11.1 Å². The summed E-state index contributed by atoms with van der Waals surface area (Å²) in [5, 5.41) is 3.38. The molecule has 1 aliphatic rings. The Labute approximate surface area is 113 Å². The maximum Gasteiger partial charge on any atom is 0.135 e. The molecule has 1 unspecified atom stereocenters. The van der Waals surface area contributed by atoms with Gasteiger partial charge in [-0.1, -0.05) is 38.0 Å². The lowest BCUT2D eigenvalue weighted by atomic mass is 10.1. The minimum absolute atomic E-state index is 0.108. The van der Waals surface area contributed by atoms with Crippen LogP contribution in [0.4, 0.5) is 10.1 Å². The van der Waals surface area contributed by atoms with E-state index >= 15 is 0 Å². The minimum atomic E-state index is -0.353. The van der Waals surface area contributed by atoms with Gasteiger partial charge in [0.15, 0.2) is 0 Å². The molecule has 18 heavy (non-hydrogen) atoms. The Morgan fingerprint density at radius 2 is 2.28 bits per heavy atom. The molecule has 2 nitrogen and oxygen atoms in total. The minimum Gasteiger partial charge on any atom is -0.389 e. The standard InChI is InChI=1S/C14H19FN2S/c1-2-10(8-9-6-7-9)17-12-5-3-4-11(15)13(12)14(16)18/h3-5,9-10,17H,2,6-8H2,1H3,(H2,16,18). The Morgan fingerprint density at radius 3 is 2.83 bits per heavy atom. The highest BCUT2D eigenvalue weighted by atomic mass is 32.1. The summed E-state index contributed by atoms with van der Waals surface area (Å²) in [5.74, 6) is 0.484. The Hall–Kier alpha value is -1.16. The van der Waals surface area contributed by atoms with Crippen molar-refractivity contribution in [2.75, 3.05) is 5.32 Å². The van der Waals surface area contributed by atoms with Crippen molar-refractivity contribution in [2.24, 2.45) is 11.7 Å². The highest BCUT2D eigenvalue weighted by Gasteiger charge is 2.25. The molecule has 1 saturated carbocycles. The van der Waals surface area contributed by atoms with Crippen molar-refractivity contribution in [3.8, 4) is 0 Å². The predicted molar refractivity (Wildman–Crippen MR) is 77.3 cm³/mol. The summed E-state index contributed by atoms with van der Waals surface area (Å²) in [7, 11) is 0. The Morgan fingerprint density at radius 1 is 1.56 bits per heavy atom. The topological polar surface area (TPSA) is 38.0 Å². The summed E-state index contributed by atoms with van der Waals surface area (Å²) in [6.07, 6.45) is 4.81. The first-order valence-electron chi connectivity index (χ1n) is 6.46. The number of anilines is 1. The average Bonchev–Trinajstić information content (AvgIpc) is 3.11. The number of thiocarbonyl (C=S) groups is 1. The first-order chi connectivity index (χ1) is 8.61. The Bertz CT molecular complexity index is 443. The maximum atomic E-state index is 13.7. The first kappa shape index (κ1) is 13.3. The van der Waals surface area contributed by atoms with Crippen molar-refractivity contribution in [3.05, 3.63) is 29.6 Å². The van der Waals surface area contributed by atoms with Crippen LogP contribution >= 0.6 is 12.2 Å². The molecule has 0 aliphatic heterocycles. The lowest BCUT2D eigenvalue weighted by Crippen LogP contribution is -2.23. The van der Waals surface area contributed by atoms with Crippen molar-refractivity contribution in [1.82, 2.24) is 0 Å². The second-order valence-electron chi connectivity index (χ2n) is 4.96. The molecule has 98 valence electrons. The van der Waals surface area contributed by atoms with Crippen LogP contribution in [0.25, 0.3) is 0 Å². The molecular formula is C14H19FN2S. The summed E-state index contributed by atoms with van der Waals surface area (Å²) in [6, 6.07) is 5.28. The monoisotopic (exact) mass is 266 g/mol. The van der Waals surface area contributed by atoms with Gasteiger partial charge in [0.1, 0.15) is 10.8 Å². The van der Waals surface area contributed by atoms with Crippen LogP contribution in [0.3, 0.4) is 0 Å². The number of nitrogens with one attached hydrogen (secondary N) is 1. The fourth-order valence-electron chi connectivity index (χ4n) is 2.20. The van der Waals surface area contributed by atoms with Gasteiger partial charge in [-0.05, 0) is 30.9 Å². The van der Waals surface area contributed by atoms with Crippen molar-refractivity contribution in [2.45, 2.75) is 38.6 Å². The quantitative estimate of drug-likeness (QED) is 0.774. The second-order valence-corrected chi connectivity index (χ2v) is 5.40. The second kappa shape index (κ2) is 5.65. The zero-order chi connectivity index (χ0) is 13.1. The van der Waals surface area contributed by atoms with Gasteiger partial charge in [-0.2, -0.15) is 0 Å². The number of halogens is 1. The highest BCUT2D eigenvalue weighted by Crippen LogP contribution is 2.35. The molecular weight excluding hydrogens is 247 g/mol. The van der Waals surface area contributed by atoms with E-state index in [1.807, 2.05) is 6.07 Å².